The summed E-state index contributed by atoms with van der Waals surface area (Å²) in [6, 6.07) is 3.91. The average molecular weight is 373 g/mol. The molecule has 128 valence electrons. The van der Waals surface area contributed by atoms with Crippen LogP contribution in [0.2, 0.25) is 5.15 Å². The number of hydrogen-bond donors (Lipinski definition) is 1. The number of carbonyl (C=O) groups is 1. The van der Waals surface area contributed by atoms with Gasteiger partial charge in [-0.1, -0.05) is 30.9 Å². The van der Waals surface area contributed by atoms with Gasteiger partial charge in [0.1, 0.15) is 0 Å². The zero-order valence-corrected chi connectivity index (χ0v) is 15.1. The smallest absolute Gasteiger partial charge is 0.254 e. The molecule has 1 N–H and O–H groups in total. The highest BCUT2D eigenvalue weighted by Crippen LogP contribution is 2.32. The minimum Gasteiger partial charge on any atom is -0.349 e. The standard InChI is InChI=1S/C18H17ClN4OS/c19-16-15-14(22-17(23-16)11-6-8-20-9-7-11)13(10-25-15)18(24)21-12-4-2-1-3-5-12/h6-10,12H,1-5H2,(H,21,24). The fraction of sp³-hybridized carbons (Fsp3) is 0.333. The van der Waals surface area contributed by atoms with Crippen LogP contribution in [0.1, 0.15) is 42.5 Å². The Hall–Kier alpha value is -2.05. The summed E-state index contributed by atoms with van der Waals surface area (Å²) in [5.74, 6) is 0.429. The van der Waals surface area contributed by atoms with Crippen molar-refractivity contribution in [2.75, 3.05) is 0 Å². The van der Waals surface area contributed by atoms with Crippen molar-refractivity contribution in [3.63, 3.8) is 0 Å². The van der Waals surface area contributed by atoms with Gasteiger partial charge in [0.2, 0.25) is 0 Å². The van der Waals surface area contributed by atoms with Crippen molar-refractivity contribution in [1.29, 1.82) is 0 Å². The van der Waals surface area contributed by atoms with Gasteiger partial charge < -0.3 is 5.32 Å². The second-order valence-corrected chi connectivity index (χ2v) is 7.45. The molecule has 7 heteroatoms. The lowest BCUT2D eigenvalue weighted by Gasteiger charge is -2.22. The highest BCUT2D eigenvalue weighted by atomic mass is 35.5. The van der Waals surface area contributed by atoms with Crippen molar-refractivity contribution >= 4 is 39.1 Å². The van der Waals surface area contributed by atoms with Crippen LogP contribution in [0.4, 0.5) is 0 Å². The van der Waals surface area contributed by atoms with E-state index in [-0.39, 0.29) is 11.9 Å². The van der Waals surface area contributed by atoms with E-state index >= 15 is 0 Å². The van der Waals surface area contributed by atoms with Gasteiger partial charge in [-0.25, -0.2) is 9.97 Å². The molecule has 1 amide bonds. The summed E-state index contributed by atoms with van der Waals surface area (Å²) in [6.45, 7) is 0. The number of amides is 1. The summed E-state index contributed by atoms with van der Waals surface area (Å²) in [6.07, 6.45) is 9.07. The number of fused-ring (bicyclic) bond motifs is 1. The maximum absolute atomic E-state index is 12.7. The van der Waals surface area contributed by atoms with Gasteiger partial charge in [0, 0.05) is 29.4 Å². The Labute approximate surface area is 154 Å². The van der Waals surface area contributed by atoms with Crippen LogP contribution in [0.3, 0.4) is 0 Å². The summed E-state index contributed by atoms with van der Waals surface area (Å²) >= 11 is 7.74. The van der Waals surface area contributed by atoms with E-state index in [0.29, 0.717) is 22.1 Å². The van der Waals surface area contributed by atoms with E-state index in [0.717, 1.165) is 23.1 Å². The largest absolute Gasteiger partial charge is 0.349 e. The van der Waals surface area contributed by atoms with E-state index < -0.39 is 0 Å². The third kappa shape index (κ3) is 3.37. The Balaban J connectivity index is 1.69. The Morgan fingerprint density at radius 2 is 1.92 bits per heavy atom. The molecule has 0 atom stereocenters. The van der Waals surface area contributed by atoms with Crippen LogP contribution in [-0.4, -0.2) is 26.9 Å². The van der Waals surface area contributed by atoms with Crippen molar-refractivity contribution in [2.45, 2.75) is 38.1 Å². The van der Waals surface area contributed by atoms with Crippen LogP contribution in [-0.2, 0) is 0 Å². The first-order chi connectivity index (χ1) is 12.2. The van der Waals surface area contributed by atoms with E-state index in [1.807, 2.05) is 17.5 Å². The van der Waals surface area contributed by atoms with Gasteiger partial charge >= 0.3 is 0 Å². The molecular weight excluding hydrogens is 356 g/mol. The van der Waals surface area contributed by atoms with Crippen molar-refractivity contribution in [3.8, 4) is 11.4 Å². The molecule has 25 heavy (non-hydrogen) atoms. The quantitative estimate of drug-likeness (QED) is 0.689. The Morgan fingerprint density at radius 3 is 2.68 bits per heavy atom. The van der Waals surface area contributed by atoms with Crippen LogP contribution in [0.15, 0.2) is 29.9 Å². The highest BCUT2D eigenvalue weighted by molar-refractivity contribution is 7.18. The predicted octanol–water partition coefficient (Wildman–Crippen LogP) is 4.47. The van der Waals surface area contributed by atoms with Gasteiger partial charge in [-0.2, -0.15) is 0 Å². The number of nitrogens with one attached hydrogen (secondary N) is 1. The monoisotopic (exact) mass is 372 g/mol. The summed E-state index contributed by atoms with van der Waals surface area (Å²) in [4.78, 5) is 25.7. The molecular formula is C18H17ClN4OS. The fourth-order valence-corrected chi connectivity index (χ4v) is 4.35. The number of hydrogen-bond acceptors (Lipinski definition) is 5. The van der Waals surface area contributed by atoms with Crippen LogP contribution in [0.5, 0.6) is 0 Å². The molecule has 5 nitrogen and oxygen atoms in total. The van der Waals surface area contributed by atoms with Gasteiger partial charge in [-0.15, -0.1) is 11.3 Å². The number of halogens is 1. The molecule has 3 heterocycles. The number of carbonyl (C=O) groups excluding carboxylic acids is 1. The van der Waals surface area contributed by atoms with Gasteiger partial charge in [-0.05, 0) is 25.0 Å². The van der Waals surface area contributed by atoms with Crippen molar-refractivity contribution < 1.29 is 4.79 Å². The molecule has 0 bridgehead atoms. The maximum atomic E-state index is 12.7. The van der Waals surface area contributed by atoms with Crippen LogP contribution in [0.25, 0.3) is 21.6 Å². The van der Waals surface area contributed by atoms with E-state index in [1.165, 1.54) is 30.6 Å². The summed E-state index contributed by atoms with van der Waals surface area (Å²) in [5, 5.41) is 5.34. The molecule has 0 unspecified atom stereocenters. The van der Waals surface area contributed by atoms with Gasteiger partial charge in [0.15, 0.2) is 11.0 Å². The van der Waals surface area contributed by atoms with Crippen molar-refractivity contribution in [3.05, 3.63) is 40.6 Å². The Kier molecular flexibility index (Phi) is 4.63. The van der Waals surface area contributed by atoms with Crippen LogP contribution >= 0.6 is 22.9 Å². The molecule has 3 aromatic heterocycles. The summed E-state index contributed by atoms with van der Waals surface area (Å²) in [7, 11) is 0. The van der Waals surface area contributed by atoms with Crippen LogP contribution in [0, 0.1) is 0 Å². The molecule has 0 aliphatic heterocycles. The number of pyridine rings is 1. The fourth-order valence-electron chi connectivity index (χ4n) is 3.18. The summed E-state index contributed by atoms with van der Waals surface area (Å²) in [5.41, 5.74) is 2.01. The normalized spacial score (nSPS) is 15.4. The minimum atomic E-state index is -0.0754. The second-order valence-electron chi connectivity index (χ2n) is 6.21. The molecule has 0 spiro atoms. The lowest BCUT2D eigenvalue weighted by Crippen LogP contribution is -2.36. The molecule has 3 aromatic rings. The molecule has 1 aliphatic rings. The number of nitrogens with zero attached hydrogens (tertiary/aromatic N) is 3. The number of aromatic nitrogens is 3. The first-order valence-corrected chi connectivity index (χ1v) is 9.64. The van der Waals surface area contributed by atoms with E-state index in [9.17, 15) is 4.79 Å². The first kappa shape index (κ1) is 16.4. The molecule has 1 fully saturated rings. The molecule has 0 aromatic carbocycles. The number of rotatable bonds is 3. The van der Waals surface area contributed by atoms with Gasteiger partial charge in [-0.3, -0.25) is 9.78 Å². The SMILES string of the molecule is O=C(NC1CCCCC1)c1csc2c(Cl)nc(-c3ccncc3)nc12. The van der Waals surface area contributed by atoms with E-state index in [2.05, 4.69) is 20.3 Å². The predicted molar refractivity (Wildman–Crippen MR) is 100.0 cm³/mol. The van der Waals surface area contributed by atoms with Crippen molar-refractivity contribution in [2.24, 2.45) is 0 Å². The third-order valence-corrected chi connectivity index (χ3v) is 5.86. The van der Waals surface area contributed by atoms with Crippen LogP contribution < -0.4 is 5.32 Å². The maximum Gasteiger partial charge on any atom is 0.254 e. The minimum absolute atomic E-state index is 0.0754. The third-order valence-electron chi connectivity index (χ3n) is 4.50. The van der Waals surface area contributed by atoms with Crippen molar-refractivity contribution in [1.82, 2.24) is 20.3 Å². The lowest BCUT2D eigenvalue weighted by atomic mass is 9.95. The molecule has 1 aliphatic carbocycles. The molecule has 0 radical (unpaired) electrons. The van der Waals surface area contributed by atoms with Gasteiger partial charge in [0.25, 0.3) is 5.91 Å². The first-order valence-electron chi connectivity index (χ1n) is 8.38. The lowest BCUT2D eigenvalue weighted by molar-refractivity contribution is 0.0929. The number of thiophene rings is 1. The average Bonchev–Trinajstić information content (AvgIpc) is 3.08. The molecule has 4 rings (SSSR count). The summed E-state index contributed by atoms with van der Waals surface area (Å²) < 4.78 is 0.744. The zero-order chi connectivity index (χ0) is 17.2. The second kappa shape index (κ2) is 7.06. The topological polar surface area (TPSA) is 67.8 Å². The van der Waals surface area contributed by atoms with E-state index in [1.54, 1.807) is 12.4 Å². The van der Waals surface area contributed by atoms with E-state index in [4.69, 9.17) is 11.6 Å². The molecule has 1 saturated carbocycles. The highest BCUT2D eigenvalue weighted by Gasteiger charge is 2.21. The zero-order valence-electron chi connectivity index (χ0n) is 13.5. The Bertz CT molecular complexity index is 906. The van der Waals surface area contributed by atoms with Gasteiger partial charge in [0.05, 0.1) is 15.8 Å². The molecule has 0 saturated heterocycles. The Morgan fingerprint density at radius 1 is 1.16 bits per heavy atom.